The van der Waals surface area contributed by atoms with Crippen LogP contribution in [-0.2, 0) is 5.60 Å². The van der Waals surface area contributed by atoms with E-state index >= 15 is 0 Å². The summed E-state index contributed by atoms with van der Waals surface area (Å²) in [5, 5.41) is 21.5. The molecule has 1 heterocycles. The Morgan fingerprint density at radius 2 is 2.16 bits per heavy atom. The minimum Gasteiger partial charge on any atom is -0.478 e. The molecule has 0 bridgehead atoms. The van der Waals surface area contributed by atoms with E-state index in [0.717, 1.165) is 11.3 Å². The van der Waals surface area contributed by atoms with Crippen molar-refractivity contribution in [1.29, 1.82) is 0 Å². The highest BCUT2D eigenvalue weighted by Gasteiger charge is 2.35. The molecule has 1 aromatic carbocycles. The summed E-state index contributed by atoms with van der Waals surface area (Å²) in [6.07, 6.45) is 0.261. The quantitative estimate of drug-likeness (QED) is 0.904. The van der Waals surface area contributed by atoms with Crippen molar-refractivity contribution < 1.29 is 19.4 Å². The molecule has 3 nitrogen and oxygen atoms in total. The van der Waals surface area contributed by atoms with E-state index in [1.165, 1.54) is 24.3 Å². The molecule has 0 fully saturated rings. The normalized spacial score (nSPS) is 14.1. The van der Waals surface area contributed by atoms with Gasteiger partial charge in [-0.1, -0.05) is 19.1 Å². The Kier molecular flexibility index (Phi) is 3.68. The van der Waals surface area contributed by atoms with Crippen molar-refractivity contribution in [3.8, 4) is 0 Å². The van der Waals surface area contributed by atoms with E-state index in [2.05, 4.69) is 0 Å². The van der Waals surface area contributed by atoms with Gasteiger partial charge in [0.15, 0.2) is 0 Å². The number of rotatable bonds is 4. The van der Waals surface area contributed by atoms with E-state index in [1.807, 2.05) is 0 Å². The highest BCUT2D eigenvalue weighted by atomic mass is 32.1. The van der Waals surface area contributed by atoms with Gasteiger partial charge in [-0.05, 0) is 35.6 Å². The molecule has 0 saturated carbocycles. The summed E-state index contributed by atoms with van der Waals surface area (Å²) < 4.78 is 13.3. The molecule has 0 aliphatic heterocycles. The van der Waals surface area contributed by atoms with Gasteiger partial charge in [-0.2, -0.15) is 0 Å². The van der Waals surface area contributed by atoms with Crippen LogP contribution in [-0.4, -0.2) is 16.2 Å². The topological polar surface area (TPSA) is 57.5 Å². The molecule has 0 aliphatic rings. The predicted molar refractivity (Wildman–Crippen MR) is 71.0 cm³/mol. The first kappa shape index (κ1) is 13.7. The highest BCUT2D eigenvalue weighted by Crippen LogP contribution is 2.38. The maximum absolute atomic E-state index is 13.3. The summed E-state index contributed by atoms with van der Waals surface area (Å²) in [5.41, 5.74) is -1.07. The molecule has 19 heavy (non-hydrogen) atoms. The number of halogens is 1. The van der Waals surface area contributed by atoms with Gasteiger partial charge in [0, 0.05) is 0 Å². The van der Waals surface area contributed by atoms with Gasteiger partial charge in [0.05, 0.1) is 10.4 Å². The number of aromatic carboxylic acids is 1. The number of hydrogen-bond acceptors (Lipinski definition) is 3. The van der Waals surface area contributed by atoms with Gasteiger partial charge in [0.1, 0.15) is 11.4 Å². The van der Waals surface area contributed by atoms with Crippen molar-refractivity contribution in [3.05, 3.63) is 57.5 Å². The lowest BCUT2D eigenvalue weighted by Gasteiger charge is -2.27. The maximum atomic E-state index is 13.3. The van der Waals surface area contributed by atoms with Crippen LogP contribution in [0.4, 0.5) is 4.39 Å². The Hall–Kier alpha value is -1.72. The molecule has 1 aromatic heterocycles. The average Bonchev–Trinajstić information content (AvgIpc) is 2.87. The lowest BCUT2D eigenvalue weighted by Crippen LogP contribution is -2.27. The van der Waals surface area contributed by atoms with Gasteiger partial charge in [0.25, 0.3) is 0 Å². The van der Waals surface area contributed by atoms with Crippen molar-refractivity contribution in [3.63, 3.8) is 0 Å². The zero-order chi connectivity index (χ0) is 14.0. The summed E-state index contributed by atoms with van der Waals surface area (Å²) in [6, 6.07) is 7.06. The number of aliphatic hydroxyl groups is 1. The Balaban J connectivity index is 2.60. The van der Waals surface area contributed by atoms with E-state index in [0.29, 0.717) is 10.4 Å². The molecule has 5 heteroatoms. The van der Waals surface area contributed by atoms with Crippen LogP contribution in [0.3, 0.4) is 0 Å². The molecule has 0 aliphatic carbocycles. The van der Waals surface area contributed by atoms with Gasteiger partial charge in [-0.25, -0.2) is 9.18 Å². The lowest BCUT2D eigenvalue weighted by atomic mass is 9.87. The monoisotopic (exact) mass is 280 g/mol. The van der Waals surface area contributed by atoms with Gasteiger partial charge in [0.2, 0.25) is 0 Å². The number of thiophene rings is 1. The fourth-order valence-electron chi connectivity index (χ4n) is 2.04. The third kappa shape index (κ3) is 2.39. The van der Waals surface area contributed by atoms with Crippen LogP contribution in [0.1, 0.15) is 34.1 Å². The fourth-order valence-corrected chi connectivity index (χ4v) is 3.12. The molecule has 0 spiro atoms. The second-order valence-corrected chi connectivity index (χ2v) is 5.11. The van der Waals surface area contributed by atoms with Crippen LogP contribution in [0.15, 0.2) is 35.7 Å². The van der Waals surface area contributed by atoms with Gasteiger partial charge in [-0.15, -0.1) is 11.3 Å². The maximum Gasteiger partial charge on any atom is 0.336 e. The number of carbonyl (C=O) groups is 1. The summed E-state index contributed by atoms with van der Waals surface area (Å²) in [6.45, 7) is 1.73. The molecule has 0 saturated heterocycles. The van der Waals surface area contributed by atoms with Crippen molar-refractivity contribution in [2.45, 2.75) is 18.9 Å². The van der Waals surface area contributed by atoms with Crippen molar-refractivity contribution in [2.24, 2.45) is 0 Å². The van der Waals surface area contributed by atoms with Crippen LogP contribution in [0, 0.1) is 5.82 Å². The van der Waals surface area contributed by atoms with E-state index in [4.69, 9.17) is 5.11 Å². The van der Waals surface area contributed by atoms with Gasteiger partial charge < -0.3 is 10.2 Å². The molecule has 0 radical (unpaired) electrons. The van der Waals surface area contributed by atoms with Crippen LogP contribution in [0.5, 0.6) is 0 Å². The van der Waals surface area contributed by atoms with Crippen molar-refractivity contribution in [2.75, 3.05) is 0 Å². The molecule has 1 unspecified atom stereocenters. The van der Waals surface area contributed by atoms with Crippen molar-refractivity contribution in [1.82, 2.24) is 0 Å². The van der Waals surface area contributed by atoms with Gasteiger partial charge >= 0.3 is 5.97 Å². The fraction of sp³-hybridized carbons (Fsp3) is 0.214. The Bertz CT molecular complexity index is 608. The number of carboxylic acids is 1. The average molecular weight is 280 g/mol. The molecular weight excluding hydrogens is 267 g/mol. The second kappa shape index (κ2) is 5.11. The second-order valence-electron chi connectivity index (χ2n) is 4.19. The Labute approximate surface area is 114 Å². The number of hydrogen-bond donors (Lipinski definition) is 2. The van der Waals surface area contributed by atoms with Crippen molar-refractivity contribution >= 4 is 17.3 Å². The molecule has 0 amide bonds. The summed E-state index contributed by atoms with van der Waals surface area (Å²) in [5.74, 6) is -1.56. The molecule has 2 aromatic rings. The van der Waals surface area contributed by atoms with Crippen LogP contribution in [0.2, 0.25) is 0 Å². The van der Waals surface area contributed by atoms with E-state index in [9.17, 15) is 14.3 Å². The van der Waals surface area contributed by atoms with Gasteiger partial charge in [-0.3, -0.25) is 0 Å². The minimum absolute atomic E-state index is 0.0543. The number of benzene rings is 1. The Morgan fingerprint density at radius 3 is 2.74 bits per heavy atom. The summed E-state index contributed by atoms with van der Waals surface area (Å²) in [7, 11) is 0. The zero-order valence-electron chi connectivity index (χ0n) is 10.3. The molecule has 2 rings (SSSR count). The summed E-state index contributed by atoms with van der Waals surface area (Å²) in [4.78, 5) is 11.5. The van der Waals surface area contributed by atoms with Crippen LogP contribution < -0.4 is 0 Å². The lowest BCUT2D eigenvalue weighted by molar-refractivity contribution is 0.0641. The van der Waals surface area contributed by atoms with E-state index < -0.39 is 17.4 Å². The first-order valence-corrected chi connectivity index (χ1v) is 6.66. The van der Waals surface area contributed by atoms with E-state index in [-0.39, 0.29) is 12.0 Å². The van der Waals surface area contributed by atoms with E-state index in [1.54, 1.807) is 18.4 Å². The molecular formula is C14H13FO3S. The minimum atomic E-state index is -1.48. The zero-order valence-corrected chi connectivity index (χ0v) is 11.1. The first-order valence-electron chi connectivity index (χ1n) is 5.78. The first-order chi connectivity index (χ1) is 8.99. The SMILES string of the molecule is CCC(O)(c1cccc(F)c1)c1sccc1C(=O)O. The largest absolute Gasteiger partial charge is 0.478 e. The molecule has 2 N–H and O–H groups in total. The smallest absolute Gasteiger partial charge is 0.336 e. The number of carboxylic acid groups (broad SMARTS) is 1. The molecule has 1 atom stereocenters. The predicted octanol–water partition coefficient (Wildman–Crippen LogP) is 3.23. The molecule has 100 valence electrons. The summed E-state index contributed by atoms with van der Waals surface area (Å²) >= 11 is 1.16. The third-order valence-electron chi connectivity index (χ3n) is 3.09. The highest BCUT2D eigenvalue weighted by molar-refractivity contribution is 7.10. The van der Waals surface area contributed by atoms with Crippen LogP contribution >= 0.6 is 11.3 Å². The third-order valence-corrected chi connectivity index (χ3v) is 4.15. The van der Waals surface area contributed by atoms with Crippen LogP contribution in [0.25, 0.3) is 0 Å². The standard InChI is InChI=1S/C14H13FO3S/c1-2-14(18,9-4-3-5-10(15)8-9)12-11(13(16)17)6-7-19-12/h3-8,18H,2H2,1H3,(H,16,17). The Morgan fingerprint density at radius 1 is 1.42 bits per heavy atom.